The largest absolute Gasteiger partial charge is 0.472 e. The van der Waals surface area contributed by atoms with E-state index in [4.69, 9.17) is 10.5 Å². The molecule has 0 saturated heterocycles. The third-order valence-electron chi connectivity index (χ3n) is 2.66. The molecule has 2 amide bonds. The summed E-state index contributed by atoms with van der Waals surface area (Å²) in [6, 6.07) is 12.7. The summed E-state index contributed by atoms with van der Waals surface area (Å²) in [7, 11) is 0. The van der Waals surface area contributed by atoms with Gasteiger partial charge in [0.15, 0.2) is 0 Å². The number of nitrogens with zero attached hydrogens (tertiary/aromatic N) is 1. The first-order valence-electron chi connectivity index (χ1n) is 6.35. The van der Waals surface area contributed by atoms with Crippen molar-refractivity contribution in [3.63, 3.8) is 0 Å². The number of amides is 2. The van der Waals surface area contributed by atoms with Crippen molar-refractivity contribution in [2.75, 3.05) is 6.54 Å². The van der Waals surface area contributed by atoms with Crippen LogP contribution in [0, 0.1) is 0 Å². The Morgan fingerprint density at radius 1 is 1.14 bits per heavy atom. The number of nitrogens with one attached hydrogen (secondary N) is 1. The fraction of sp³-hybridized carbons (Fsp3) is 0.133. The molecule has 21 heavy (non-hydrogen) atoms. The predicted molar refractivity (Wildman–Crippen MR) is 76.5 cm³/mol. The quantitative estimate of drug-likeness (QED) is 0.823. The zero-order chi connectivity index (χ0) is 15.1. The van der Waals surface area contributed by atoms with Crippen molar-refractivity contribution in [2.45, 2.75) is 6.61 Å². The van der Waals surface area contributed by atoms with E-state index in [9.17, 15) is 9.59 Å². The molecule has 1 aromatic heterocycles. The molecular formula is C15H15N3O3. The lowest BCUT2D eigenvalue weighted by Crippen LogP contribution is -2.33. The Balaban J connectivity index is 2.06. The normalized spacial score (nSPS) is 9.90. The molecule has 0 bridgehead atoms. The number of rotatable bonds is 6. The lowest BCUT2D eigenvalue weighted by Gasteiger charge is -2.10. The molecule has 6 heteroatoms. The molecule has 1 heterocycles. The molecule has 1 aromatic carbocycles. The Labute approximate surface area is 121 Å². The van der Waals surface area contributed by atoms with Gasteiger partial charge < -0.3 is 15.8 Å². The van der Waals surface area contributed by atoms with Gasteiger partial charge in [0.25, 0.3) is 5.91 Å². The number of aromatic nitrogens is 1. The molecule has 0 fully saturated rings. The van der Waals surface area contributed by atoms with E-state index in [1.807, 2.05) is 30.3 Å². The smallest absolute Gasteiger partial charge is 0.257 e. The molecule has 0 aliphatic rings. The van der Waals surface area contributed by atoms with E-state index in [0.29, 0.717) is 6.61 Å². The number of hydrogen-bond acceptors (Lipinski definition) is 4. The minimum atomic E-state index is -0.612. The molecule has 0 atom stereocenters. The lowest BCUT2D eigenvalue weighted by atomic mass is 10.2. The molecular weight excluding hydrogens is 270 g/mol. The van der Waals surface area contributed by atoms with Crippen LogP contribution >= 0.6 is 0 Å². The highest BCUT2D eigenvalue weighted by Gasteiger charge is 2.13. The van der Waals surface area contributed by atoms with Gasteiger partial charge in [0.2, 0.25) is 11.8 Å². The zero-order valence-electron chi connectivity index (χ0n) is 11.3. The van der Waals surface area contributed by atoms with Gasteiger partial charge in [-0.2, -0.15) is 0 Å². The van der Waals surface area contributed by atoms with Crippen molar-refractivity contribution in [3.8, 4) is 5.88 Å². The third-order valence-corrected chi connectivity index (χ3v) is 2.66. The standard InChI is InChI=1S/C15H15N3O3/c16-13(19)9-18-14(20)12-7-4-8-17-15(12)21-10-11-5-2-1-3-6-11/h1-8H,9-10H2,(H2,16,19)(H,18,20). The Hall–Kier alpha value is -2.89. The Morgan fingerprint density at radius 3 is 2.62 bits per heavy atom. The molecule has 3 N–H and O–H groups in total. The summed E-state index contributed by atoms with van der Waals surface area (Å²) < 4.78 is 5.56. The second kappa shape index (κ2) is 7.04. The first-order chi connectivity index (χ1) is 10.2. The Kier molecular flexibility index (Phi) is 4.87. The monoisotopic (exact) mass is 285 g/mol. The van der Waals surface area contributed by atoms with Crippen molar-refractivity contribution < 1.29 is 14.3 Å². The molecule has 0 aliphatic heterocycles. The van der Waals surface area contributed by atoms with Gasteiger partial charge in [-0.05, 0) is 17.7 Å². The third kappa shape index (κ3) is 4.31. The number of carbonyl (C=O) groups excluding carboxylic acids is 2. The van der Waals surface area contributed by atoms with Crippen LogP contribution in [0.3, 0.4) is 0 Å². The van der Waals surface area contributed by atoms with Gasteiger partial charge in [-0.25, -0.2) is 4.98 Å². The Morgan fingerprint density at radius 2 is 1.90 bits per heavy atom. The second-order valence-corrected chi connectivity index (χ2v) is 4.28. The fourth-order valence-electron chi connectivity index (χ4n) is 1.67. The first-order valence-corrected chi connectivity index (χ1v) is 6.35. The van der Waals surface area contributed by atoms with Crippen molar-refractivity contribution >= 4 is 11.8 Å². The van der Waals surface area contributed by atoms with Crippen LogP contribution in [0.2, 0.25) is 0 Å². The van der Waals surface area contributed by atoms with E-state index in [2.05, 4.69) is 10.3 Å². The molecule has 0 unspecified atom stereocenters. The van der Waals surface area contributed by atoms with E-state index in [-0.39, 0.29) is 18.0 Å². The van der Waals surface area contributed by atoms with E-state index in [1.165, 1.54) is 6.20 Å². The number of pyridine rings is 1. The molecule has 2 aromatic rings. The van der Waals surface area contributed by atoms with Crippen LogP contribution in [-0.2, 0) is 11.4 Å². The van der Waals surface area contributed by atoms with Crippen LogP contribution < -0.4 is 15.8 Å². The fourth-order valence-corrected chi connectivity index (χ4v) is 1.67. The predicted octanol–water partition coefficient (Wildman–Crippen LogP) is 0.876. The van der Waals surface area contributed by atoms with Crippen molar-refractivity contribution in [2.24, 2.45) is 5.73 Å². The molecule has 0 spiro atoms. The van der Waals surface area contributed by atoms with Crippen LogP contribution in [-0.4, -0.2) is 23.3 Å². The van der Waals surface area contributed by atoms with Crippen LogP contribution in [0.1, 0.15) is 15.9 Å². The minimum absolute atomic E-state index is 0.211. The van der Waals surface area contributed by atoms with Gasteiger partial charge >= 0.3 is 0 Å². The summed E-state index contributed by atoms with van der Waals surface area (Å²) in [4.78, 5) is 26.7. The first kappa shape index (κ1) is 14.5. The van der Waals surface area contributed by atoms with Gasteiger partial charge in [-0.3, -0.25) is 9.59 Å². The highest BCUT2D eigenvalue weighted by atomic mass is 16.5. The molecule has 2 rings (SSSR count). The molecule has 108 valence electrons. The average molecular weight is 285 g/mol. The van der Waals surface area contributed by atoms with Crippen LogP contribution in [0.4, 0.5) is 0 Å². The maximum Gasteiger partial charge on any atom is 0.257 e. The van der Waals surface area contributed by atoms with Gasteiger partial charge in [0, 0.05) is 6.20 Å². The van der Waals surface area contributed by atoms with Crippen LogP contribution in [0.25, 0.3) is 0 Å². The summed E-state index contributed by atoms with van der Waals surface area (Å²) in [5, 5.41) is 2.40. The van der Waals surface area contributed by atoms with Crippen LogP contribution in [0.5, 0.6) is 5.88 Å². The van der Waals surface area contributed by atoms with Gasteiger partial charge in [0.05, 0.1) is 6.54 Å². The lowest BCUT2D eigenvalue weighted by molar-refractivity contribution is -0.117. The van der Waals surface area contributed by atoms with Gasteiger partial charge in [-0.1, -0.05) is 30.3 Å². The molecule has 0 radical (unpaired) electrons. The maximum atomic E-state index is 11.9. The highest BCUT2D eigenvalue weighted by Crippen LogP contribution is 2.15. The number of hydrogen-bond donors (Lipinski definition) is 2. The summed E-state index contributed by atoms with van der Waals surface area (Å²) in [5.74, 6) is -0.854. The number of primary amides is 1. The van der Waals surface area contributed by atoms with Gasteiger partial charge in [0.1, 0.15) is 12.2 Å². The molecule has 6 nitrogen and oxygen atoms in total. The minimum Gasteiger partial charge on any atom is -0.472 e. The average Bonchev–Trinajstić information content (AvgIpc) is 2.52. The summed E-state index contributed by atoms with van der Waals surface area (Å²) in [5.41, 5.74) is 6.21. The Bertz CT molecular complexity index is 629. The second-order valence-electron chi connectivity index (χ2n) is 4.28. The van der Waals surface area contributed by atoms with E-state index >= 15 is 0 Å². The van der Waals surface area contributed by atoms with Crippen molar-refractivity contribution in [1.82, 2.24) is 10.3 Å². The number of carbonyl (C=O) groups is 2. The van der Waals surface area contributed by atoms with Gasteiger partial charge in [-0.15, -0.1) is 0 Å². The number of nitrogens with two attached hydrogens (primary N) is 1. The topological polar surface area (TPSA) is 94.3 Å². The molecule has 0 aliphatic carbocycles. The molecule has 0 saturated carbocycles. The highest BCUT2D eigenvalue weighted by molar-refractivity contribution is 5.98. The summed E-state index contributed by atoms with van der Waals surface area (Å²) in [6.07, 6.45) is 1.53. The van der Waals surface area contributed by atoms with Crippen LogP contribution in [0.15, 0.2) is 48.7 Å². The van der Waals surface area contributed by atoms with Crippen molar-refractivity contribution in [1.29, 1.82) is 0 Å². The number of benzene rings is 1. The van der Waals surface area contributed by atoms with E-state index in [1.54, 1.807) is 12.1 Å². The van der Waals surface area contributed by atoms with E-state index in [0.717, 1.165) is 5.56 Å². The zero-order valence-corrected chi connectivity index (χ0v) is 11.3. The van der Waals surface area contributed by atoms with Crippen molar-refractivity contribution in [3.05, 3.63) is 59.8 Å². The summed E-state index contributed by atoms with van der Waals surface area (Å²) in [6.45, 7) is 0.0693. The SMILES string of the molecule is NC(=O)CNC(=O)c1cccnc1OCc1ccccc1. The number of ether oxygens (including phenoxy) is 1. The summed E-state index contributed by atoms with van der Waals surface area (Å²) >= 11 is 0. The maximum absolute atomic E-state index is 11.9. The van der Waals surface area contributed by atoms with E-state index < -0.39 is 11.8 Å².